The zero-order valence-electron chi connectivity index (χ0n) is 14.8. The molecule has 2 rings (SSSR count). The molecule has 23 heavy (non-hydrogen) atoms. The predicted octanol–water partition coefficient (Wildman–Crippen LogP) is 5.74. The molecule has 0 amide bonds. The minimum Gasteiger partial charge on any atom is -0.385 e. The molecule has 132 valence electrons. The first kappa shape index (κ1) is 20.3. The second-order valence-electron chi connectivity index (χ2n) is 6.71. The molecule has 1 heterocycles. The number of nitrogens with one attached hydrogen (secondary N) is 2. The Morgan fingerprint density at radius 3 is 2.22 bits per heavy atom. The molecule has 0 aliphatic carbocycles. The van der Waals surface area contributed by atoms with Crippen LogP contribution in [0.2, 0.25) is 0 Å². The lowest BCUT2D eigenvalue weighted by Crippen LogP contribution is -2.08. The second kappa shape index (κ2) is 12.7. The summed E-state index contributed by atoms with van der Waals surface area (Å²) in [6, 6.07) is 9.10. The molecule has 0 radical (unpaired) electrons. The van der Waals surface area contributed by atoms with Gasteiger partial charge in [-0.1, -0.05) is 64.0 Å². The highest BCUT2D eigenvalue weighted by atomic mass is 35.5. The van der Waals surface area contributed by atoms with Gasteiger partial charge in [0.25, 0.3) is 0 Å². The molecule has 1 aliphatic rings. The van der Waals surface area contributed by atoms with Crippen LogP contribution in [0.5, 0.6) is 0 Å². The summed E-state index contributed by atoms with van der Waals surface area (Å²) in [6.45, 7) is 5.70. The minimum absolute atomic E-state index is 0. The van der Waals surface area contributed by atoms with Gasteiger partial charge in [-0.15, -0.1) is 12.4 Å². The molecule has 1 aliphatic heterocycles. The number of hydrogen-bond acceptors (Lipinski definition) is 2. The van der Waals surface area contributed by atoms with Gasteiger partial charge in [-0.2, -0.15) is 0 Å². The van der Waals surface area contributed by atoms with Crippen LogP contribution in [0.1, 0.15) is 76.2 Å². The Balaban J connectivity index is 0.00000264. The molecule has 1 saturated heterocycles. The van der Waals surface area contributed by atoms with Crippen molar-refractivity contribution in [3.63, 3.8) is 0 Å². The highest BCUT2D eigenvalue weighted by Gasteiger charge is 2.15. The topological polar surface area (TPSA) is 24.1 Å². The van der Waals surface area contributed by atoms with Gasteiger partial charge in [0.1, 0.15) is 0 Å². The highest BCUT2D eigenvalue weighted by Crippen LogP contribution is 2.23. The quantitative estimate of drug-likeness (QED) is 0.503. The number of rotatable bonds is 11. The maximum atomic E-state index is 3.56. The molecule has 0 saturated carbocycles. The summed E-state index contributed by atoms with van der Waals surface area (Å²) >= 11 is 0. The number of unbranched alkanes of at least 4 members (excludes halogenated alkanes) is 7. The maximum Gasteiger partial charge on any atom is 0.0340 e. The number of halogens is 1. The summed E-state index contributed by atoms with van der Waals surface area (Å²) in [5.41, 5.74) is 2.76. The third-order valence-electron chi connectivity index (χ3n) is 4.80. The molecular weight excluding hydrogens is 304 g/mol. The van der Waals surface area contributed by atoms with E-state index in [4.69, 9.17) is 0 Å². The maximum absolute atomic E-state index is 3.56. The normalized spacial score (nSPS) is 17.0. The fourth-order valence-electron chi connectivity index (χ4n) is 3.30. The summed E-state index contributed by atoms with van der Waals surface area (Å²) in [5, 5.41) is 7.00. The Morgan fingerprint density at radius 1 is 0.957 bits per heavy atom. The first-order valence-electron chi connectivity index (χ1n) is 9.44. The van der Waals surface area contributed by atoms with E-state index in [1.54, 1.807) is 0 Å². The average molecular weight is 339 g/mol. The second-order valence-corrected chi connectivity index (χ2v) is 6.71. The molecule has 0 bridgehead atoms. The van der Waals surface area contributed by atoms with Crippen molar-refractivity contribution in [1.82, 2.24) is 5.32 Å². The molecule has 2 N–H and O–H groups in total. The van der Waals surface area contributed by atoms with Crippen LogP contribution in [0.3, 0.4) is 0 Å². The third-order valence-corrected chi connectivity index (χ3v) is 4.80. The molecule has 3 heteroatoms. The number of anilines is 1. The smallest absolute Gasteiger partial charge is 0.0340 e. The largest absolute Gasteiger partial charge is 0.385 e. The van der Waals surface area contributed by atoms with E-state index >= 15 is 0 Å². The lowest BCUT2D eigenvalue weighted by atomic mass is 9.98. The Labute approximate surface area is 149 Å². The summed E-state index contributed by atoms with van der Waals surface area (Å²) in [7, 11) is 0. The molecule has 0 spiro atoms. The van der Waals surface area contributed by atoms with Crippen LogP contribution in [-0.4, -0.2) is 19.6 Å². The first-order valence-corrected chi connectivity index (χ1v) is 9.44. The molecule has 1 atom stereocenters. The molecule has 1 fully saturated rings. The van der Waals surface area contributed by atoms with Crippen LogP contribution in [0.15, 0.2) is 24.3 Å². The van der Waals surface area contributed by atoms with Gasteiger partial charge in [0.15, 0.2) is 0 Å². The van der Waals surface area contributed by atoms with Gasteiger partial charge in [0.05, 0.1) is 0 Å². The van der Waals surface area contributed by atoms with Crippen molar-refractivity contribution < 1.29 is 0 Å². The van der Waals surface area contributed by atoms with Gasteiger partial charge >= 0.3 is 0 Å². The van der Waals surface area contributed by atoms with E-state index in [9.17, 15) is 0 Å². The Morgan fingerprint density at radius 2 is 1.61 bits per heavy atom. The Hall–Kier alpha value is -0.730. The molecule has 2 nitrogen and oxygen atoms in total. The van der Waals surface area contributed by atoms with Crippen molar-refractivity contribution in [2.45, 2.75) is 70.6 Å². The van der Waals surface area contributed by atoms with Crippen molar-refractivity contribution >= 4 is 18.1 Å². The first-order chi connectivity index (χ1) is 10.9. The third kappa shape index (κ3) is 8.08. The van der Waals surface area contributed by atoms with E-state index in [2.05, 4.69) is 41.8 Å². The van der Waals surface area contributed by atoms with E-state index in [0.717, 1.165) is 19.0 Å². The highest BCUT2D eigenvalue weighted by molar-refractivity contribution is 5.85. The van der Waals surface area contributed by atoms with Gasteiger partial charge in [0.2, 0.25) is 0 Å². The summed E-state index contributed by atoms with van der Waals surface area (Å²) in [6.07, 6.45) is 12.4. The zero-order chi connectivity index (χ0) is 15.5. The van der Waals surface area contributed by atoms with Crippen LogP contribution in [0, 0.1) is 0 Å². The zero-order valence-corrected chi connectivity index (χ0v) is 15.6. The molecular formula is C20H35ClN2. The minimum atomic E-state index is 0. The van der Waals surface area contributed by atoms with E-state index in [-0.39, 0.29) is 12.4 Å². The fourth-order valence-corrected chi connectivity index (χ4v) is 3.30. The number of benzene rings is 1. The van der Waals surface area contributed by atoms with Crippen LogP contribution in [-0.2, 0) is 0 Å². The lowest BCUT2D eigenvalue weighted by molar-refractivity contribution is 0.581. The van der Waals surface area contributed by atoms with Crippen molar-refractivity contribution in [1.29, 1.82) is 0 Å². The molecule has 1 unspecified atom stereocenters. The standard InChI is InChI=1S/C20H34N2.ClH/c1-2-3-4-5-6-7-8-9-15-22-20-12-10-18(11-13-20)19-14-16-21-17-19;/h10-13,19,21-22H,2-9,14-17H2,1H3;1H. The van der Waals surface area contributed by atoms with Crippen LogP contribution < -0.4 is 10.6 Å². The van der Waals surface area contributed by atoms with E-state index in [1.165, 1.54) is 75.6 Å². The SMILES string of the molecule is CCCCCCCCCCNc1ccc(C2CCNC2)cc1.Cl. The summed E-state index contributed by atoms with van der Waals surface area (Å²) < 4.78 is 0. The Kier molecular flexibility index (Phi) is 11.2. The van der Waals surface area contributed by atoms with E-state index in [0.29, 0.717) is 0 Å². The van der Waals surface area contributed by atoms with Gasteiger partial charge < -0.3 is 10.6 Å². The van der Waals surface area contributed by atoms with Gasteiger partial charge in [-0.3, -0.25) is 0 Å². The van der Waals surface area contributed by atoms with Crippen LogP contribution >= 0.6 is 12.4 Å². The summed E-state index contributed by atoms with van der Waals surface area (Å²) in [5.74, 6) is 0.724. The fraction of sp³-hybridized carbons (Fsp3) is 0.700. The van der Waals surface area contributed by atoms with Crippen molar-refractivity contribution in [2.75, 3.05) is 25.0 Å². The summed E-state index contributed by atoms with van der Waals surface area (Å²) in [4.78, 5) is 0. The van der Waals surface area contributed by atoms with Crippen molar-refractivity contribution in [3.8, 4) is 0 Å². The van der Waals surface area contributed by atoms with Gasteiger partial charge in [-0.05, 0) is 43.0 Å². The van der Waals surface area contributed by atoms with Crippen molar-refractivity contribution in [2.24, 2.45) is 0 Å². The van der Waals surface area contributed by atoms with E-state index in [1.807, 2.05) is 0 Å². The lowest BCUT2D eigenvalue weighted by Gasteiger charge is -2.11. The van der Waals surface area contributed by atoms with Crippen molar-refractivity contribution in [3.05, 3.63) is 29.8 Å². The Bertz CT molecular complexity index is 385. The predicted molar refractivity (Wildman–Crippen MR) is 105 cm³/mol. The van der Waals surface area contributed by atoms with Crippen LogP contribution in [0.4, 0.5) is 5.69 Å². The van der Waals surface area contributed by atoms with Gasteiger partial charge in [0, 0.05) is 18.8 Å². The monoisotopic (exact) mass is 338 g/mol. The van der Waals surface area contributed by atoms with Gasteiger partial charge in [-0.25, -0.2) is 0 Å². The number of hydrogen-bond donors (Lipinski definition) is 2. The molecule has 1 aromatic carbocycles. The van der Waals surface area contributed by atoms with E-state index < -0.39 is 0 Å². The average Bonchev–Trinajstić information content (AvgIpc) is 3.08. The molecule has 0 aromatic heterocycles. The molecule has 1 aromatic rings. The van der Waals surface area contributed by atoms with Crippen LogP contribution in [0.25, 0.3) is 0 Å².